The molecule has 0 amide bonds. The van der Waals surface area contributed by atoms with Gasteiger partial charge in [-0.25, -0.2) is 9.78 Å². The molecule has 0 aliphatic carbocycles. The van der Waals surface area contributed by atoms with Crippen molar-refractivity contribution in [1.29, 1.82) is 0 Å². The van der Waals surface area contributed by atoms with E-state index in [4.69, 9.17) is 4.42 Å². The lowest BCUT2D eigenvalue weighted by atomic mass is 10.1. The molecule has 0 saturated carbocycles. The predicted molar refractivity (Wildman–Crippen MR) is 99.4 cm³/mol. The van der Waals surface area contributed by atoms with Gasteiger partial charge < -0.3 is 19.4 Å². The Bertz CT molecular complexity index is 864. The predicted octanol–water partition coefficient (Wildman–Crippen LogP) is 3.89. The number of carbonyl (C=O) groups is 1. The fourth-order valence-corrected chi connectivity index (χ4v) is 2.64. The number of benzene rings is 1. The Kier molecular flexibility index (Phi) is 5.66. The fourth-order valence-electron chi connectivity index (χ4n) is 2.64. The van der Waals surface area contributed by atoms with Crippen LogP contribution in [0, 0.1) is 0 Å². The van der Waals surface area contributed by atoms with Crippen LogP contribution in [0.4, 0.5) is 0 Å². The fraction of sp³-hybridized carbons (Fsp3) is 0.200. The molecule has 2 heterocycles. The standard InChI is InChI=1S/C20H21N3O3/c1-2-3-4-11-21-14-17-22-18(20(24)25)19(26-17)15-7-9-16(10-8-15)23-12-5-6-13-23/h2,5-10,12-13,21H,1,3-4,11,14H2,(H,24,25). The first kappa shape index (κ1) is 17.7. The molecule has 0 saturated heterocycles. The van der Waals surface area contributed by atoms with E-state index in [-0.39, 0.29) is 11.5 Å². The van der Waals surface area contributed by atoms with Crippen molar-refractivity contribution in [3.05, 3.63) is 73.0 Å². The largest absolute Gasteiger partial charge is 0.476 e. The zero-order chi connectivity index (χ0) is 18.4. The van der Waals surface area contributed by atoms with E-state index in [2.05, 4.69) is 16.9 Å². The summed E-state index contributed by atoms with van der Waals surface area (Å²) in [5.74, 6) is -0.457. The summed E-state index contributed by atoms with van der Waals surface area (Å²) in [7, 11) is 0. The minimum Gasteiger partial charge on any atom is -0.476 e. The number of aromatic nitrogens is 2. The van der Waals surface area contributed by atoms with E-state index in [0.717, 1.165) is 25.1 Å². The number of aromatic carboxylic acids is 1. The first-order chi connectivity index (χ1) is 12.7. The Labute approximate surface area is 151 Å². The van der Waals surface area contributed by atoms with Gasteiger partial charge in [0.1, 0.15) is 0 Å². The van der Waals surface area contributed by atoms with Crippen molar-refractivity contribution >= 4 is 5.97 Å². The summed E-state index contributed by atoms with van der Waals surface area (Å²) < 4.78 is 7.69. The summed E-state index contributed by atoms with van der Waals surface area (Å²) in [6.45, 7) is 4.86. The number of rotatable bonds is 9. The third-order valence-corrected chi connectivity index (χ3v) is 3.94. The smallest absolute Gasteiger partial charge is 0.358 e. The maximum absolute atomic E-state index is 11.5. The highest BCUT2D eigenvalue weighted by molar-refractivity contribution is 5.92. The normalized spacial score (nSPS) is 10.8. The summed E-state index contributed by atoms with van der Waals surface area (Å²) in [6.07, 6.45) is 7.65. The van der Waals surface area contributed by atoms with Gasteiger partial charge >= 0.3 is 5.97 Å². The number of carboxylic acid groups (broad SMARTS) is 1. The minimum atomic E-state index is -1.10. The van der Waals surface area contributed by atoms with Crippen molar-refractivity contribution in [3.8, 4) is 17.0 Å². The number of hydrogen-bond acceptors (Lipinski definition) is 4. The van der Waals surface area contributed by atoms with Crippen LogP contribution in [0.3, 0.4) is 0 Å². The van der Waals surface area contributed by atoms with E-state index >= 15 is 0 Å². The highest BCUT2D eigenvalue weighted by Gasteiger charge is 2.20. The molecule has 3 aromatic rings. The zero-order valence-electron chi connectivity index (χ0n) is 14.4. The molecule has 26 heavy (non-hydrogen) atoms. The lowest BCUT2D eigenvalue weighted by molar-refractivity contribution is 0.0691. The van der Waals surface area contributed by atoms with E-state index in [1.165, 1.54) is 0 Å². The second-order valence-electron chi connectivity index (χ2n) is 5.84. The third-order valence-electron chi connectivity index (χ3n) is 3.94. The van der Waals surface area contributed by atoms with Gasteiger partial charge in [0.2, 0.25) is 5.89 Å². The Morgan fingerprint density at radius 2 is 2.00 bits per heavy atom. The van der Waals surface area contributed by atoms with Crippen molar-refractivity contribution < 1.29 is 14.3 Å². The van der Waals surface area contributed by atoms with Gasteiger partial charge in [-0.2, -0.15) is 0 Å². The van der Waals surface area contributed by atoms with Gasteiger partial charge in [-0.1, -0.05) is 6.08 Å². The Balaban J connectivity index is 1.77. The van der Waals surface area contributed by atoms with Crippen LogP contribution >= 0.6 is 0 Å². The Morgan fingerprint density at radius 3 is 2.65 bits per heavy atom. The molecule has 0 atom stereocenters. The molecule has 6 heteroatoms. The van der Waals surface area contributed by atoms with Gasteiger partial charge in [-0.05, 0) is 55.8 Å². The second kappa shape index (κ2) is 8.31. The zero-order valence-corrected chi connectivity index (χ0v) is 14.4. The van der Waals surface area contributed by atoms with Gasteiger partial charge in [0.25, 0.3) is 0 Å². The molecule has 0 unspecified atom stereocenters. The Morgan fingerprint density at radius 1 is 1.27 bits per heavy atom. The quantitative estimate of drug-likeness (QED) is 0.452. The second-order valence-corrected chi connectivity index (χ2v) is 5.84. The molecular weight excluding hydrogens is 330 g/mol. The first-order valence-corrected chi connectivity index (χ1v) is 8.47. The summed E-state index contributed by atoms with van der Waals surface area (Å²) in [5.41, 5.74) is 1.60. The summed E-state index contributed by atoms with van der Waals surface area (Å²) in [4.78, 5) is 15.6. The van der Waals surface area contributed by atoms with Crippen LogP contribution in [-0.2, 0) is 6.54 Å². The molecule has 2 aromatic heterocycles. The van der Waals surface area contributed by atoms with Crippen molar-refractivity contribution in [2.24, 2.45) is 0 Å². The molecule has 2 N–H and O–H groups in total. The number of carboxylic acids is 1. The molecule has 0 radical (unpaired) electrons. The molecule has 3 rings (SSSR count). The van der Waals surface area contributed by atoms with E-state index in [1.54, 1.807) is 0 Å². The van der Waals surface area contributed by atoms with Crippen molar-refractivity contribution in [2.75, 3.05) is 6.54 Å². The lowest BCUT2D eigenvalue weighted by Crippen LogP contribution is -2.14. The van der Waals surface area contributed by atoms with E-state index in [9.17, 15) is 9.90 Å². The molecule has 134 valence electrons. The number of oxazole rings is 1. The van der Waals surface area contributed by atoms with Gasteiger partial charge in [0.15, 0.2) is 11.5 Å². The highest BCUT2D eigenvalue weighted by atomic mass is 16.4. The van der Waals surface area contributed by atoms with Crippen LogP contribution in [0.5, 0.6) is 0 Å². The average molecular weight is 351 g/mol. The van der Waals surface area contributed by atoms with Crippen LogP contribution in [-0.4, -0.2) is 27.2 Å². The highest BCUT2D eigenvalue weighted by Crippen LogP contribution is 2.26. The van der Waals surface area contributed by atoms with E-state index < -0.39 is 5.97 Å². The van der Waals surface area contributed by atoms with Crippen LogP contribution in [0.15, 0.2) is 65.9 Å². The van der Waals surface area contributed by atoms with Crippen LogP contribution < -0.4 is 5.32 Å². The molecule has 0 bridgehead atoms. The number of unbranched alkanes of at least 4 members (excludes halogenated alkanes) is 1. The van der Waals surface area contributed by atoms with Gasteiger partial charge in [-0.15, -0.1) is 6.58 Å². The monoisotopic (exact) mass is 351 g/mol. The molecule has 6 nitrogen and oxygen atoms in total. The molecule has 0 aliphatic rings. The molecule has 1 aromatic carbocycles. The van der Waals surface area contributed by atoms with Gasteiger partial charge in [0, 0.05) is 23.6 Å². The third kappa shape index (κ3) is 4.10. The number of nitrogens with zero attached hydrogens (tertiary/aromatic N) is 2. The maximum atomic E-state index is 11.5. The first-order valence-electron chi connectivity index (χ1n) is 8.47. The average Bonchev–Trinajstić information content (AvgIpc) is 3.32. The van der Waals surface area contributed by atoms with Gasteiger partial charge in [-0.3, -0.25) is 0 Å². The van der Waals surface area contributed by atoms with E-state index in [0.29, 0.717) is 18.0 Å². The van der Waals surface area contributed by atoms with Crippen molar-refractivity contribution in [3.63, 3.8) is 0 Å². The molecular formula is C20H21N3O3. The molecule has 0 spiro atoms. The van der Waals surface area contributed by atoms with Crippen molar-refractivity contribution in [2.45, 2.75) is 19.4 Å². The summed E-state index contributed by atoms with van der Waals surface area (Å²) >= 11 is 0. The minimum absolute atomic E-state index is 0.0680. The summed E-state index contributed by atoms with van der Waals surface area (Å²) in [5, 5.41) is 12.6. The van der Waals surface area contributed by atoms with Crippen LogP contribution in [0.25, 0.3) is 17.0 Å². The number of nitrogens with one attached hydrogen (secondary N) is 1. The van der Waals surface area contributed by atoms with E-state index in [1.807, 2.05) is 59.4 Å². The number of hydrogen-bond donors (Lipinski definition) is 2. The topological polar surface area (TPSA) is 80.3 Å². The molecule has 0 aliphatic heterocycles. The van der Waals surface area contributed by atoms with Crippen LogP contribution in [0.1, 0.15) is 29.2 Å². The SMILES string of the molecule is C=CCCCNCc1nc(C(=O)O)c(-c2ccc(-n3cccc3)cc2)o1. The maximum Gasteiger partial charge on any atom is 0.358 e. The molecule has 0 fully saturated rings. The lowest BCUT2D eigenvalue weighted by Gasteiger charge is -2.04. The summed E-state index contributed by atoms with van der Waals surface area (Å²) in [6, 6.07) is 11.4. The van der Waals surface area contributed by atoms with Gasteiger partial charge in [0.05, 0.1) is 6.54 Å². The number of allylic oxidation sites excluding steroid dienone is 1. The van der Waals surface area contributed by atoms with Crippen LogP contribution in [0.2, 0.25) is 0 Å². The van der Waals surface area contributed by atoms with Crippen molar-refractivity contribution in [1.82, 2.24) is 14.9 Å². The Hall–Kier alpha value is -3.12.